The molecule has 0 aromatic heterocycles. The number of likely N-dealkylation sites (tertiary alicyclic amines) is 1. The van der Waals surface area contributed by atoms with Gasteiger partial charge in [-0.1, -0.05) is 19.1 Å². The second-order valence-corrected chi connectivity index (χ2v) is 5.44. The van der Waals surface area contributed by atoms with E-state index in [1.165, 1.54) is 12.0 Å². The lowest BCUT2D eigenvalue weighted by Gasteiger charge is -2.28. The predicted molar refractivity (Wildman–Crippen MR) is 79.7 cm³/mol. The van der Waals surface area contributed by atoms with Gasteiger partial charge in [0.25, 0.3) is 5.69 Å². The molecule has 0 radical (unpaired) electrons. The number of hydrogen-bond acceptors (Lipinski definition) is 4. The van der Waals surface area contributed by atoms with Crippen LogP contribution < -0.4 is 5.32 Å². The molecule has 5 heteroatoms. The molecule has 20 heavy (non-hydrogen) atoms. The molecular formula is C15H23N3O2. The fourth-order valence-corrected chi connectivity index (χ4v) is 3.22. The molecule has 1 fully saturated rings. The summed E-state index contributed by atoms with van der Waals surface area (Å²) in [5, 5.41) is 14.0. The normalized spacial score (nSPS) is 23.1. The molecule has 0 saturated carbocycles. The minimum Gasteiger partial charge on any atom is -0.319 e. The van der Waals surface area contributed by atoms with Crippen molar-refractivity contribution in [1.82, 2.24) is 10.2 Å². The number of rotatable bonds is 6. The van der Waals surface area contributed by atoms with Crippen molar-refractivity contribution in [2.24, 2.45) is 5.92 Å². The third-order valence-electron chi connectivity index (χ3n) is 4.05. The minimum absolute atomic E-state index is 0.166. The van der Waals surface area contributed by atoms with Crippen LogP contribution in [0.15, 0.2) is 24.3 Å². The Kier molecular flexibility index (Phi) is 5.09. The number of hydrogen-bond donors (Lipinski definition) is 1. The largest absolute Gasteiger partial charge is 0.319 e. The van der Waals surface area contributed by atoms with E-state index in [9.17, 15) is 10.1 Å². The molecule has 5 nitrogen and oxygen atoms in total. The molecule has 1 aliphatic rings. The lowest BCUT2D eigenvalue weighted by Crippen LogP contribution is -2.29. The molecule has 2 unspecified atom stereocenters. The Bertz CT molecular complexity index is 433. The summed E-state index contributed by atoms with van der Waals surface area (Å²) >= 11 is 0. The molecule has 1 aliphatic heterocycles. The zero-order valence-corrected chi connectivity index (χ0v) is 12.2. The van der Waals surface area contributed by atoms with E-state index < -0.39 is 0 Å². The SMILES string of the molecule is CCCN1CCC(CNC)C1c1ccc([N+](=O)[O-])cc1. The molecule has 0 amide bonds. The van der Waals surface area contributed by atoms with Gasteiger partial charge in [-0.2, -0.15) is 0 Å². The molecule has 1 aromatic rings. The fraction of sp³-hybridized carbons (Fsp3) is 0.600. The molecular weight excluding hydrogens is 254 g/mol. The van der Waals surface area contributed by atoms with Crippen LogP contribution in [0.25, 0.3) is 0 Å². The smallest absolute Gasteiger partial charge is 0.269 e. The third-order valence-corrected chi connectivity index (χ3v) is 4.05. The van der Waals surface area contributed by atoms with Crippen molar-refractivity contribution in [2.75, 3.05) is 26.7 Å². The predicted octanol–water partition coefficient (Wildman–Crippen LogP) is 2.59. The van der Waals surface area contributed by atoms with E-state index in [0.717, 1.165) is 26.1 Å². The van der Waals surface area contributed by atoms with Gasteiger partial charge in [-0.15, -0.1) is 0 Å². The van der Waals surface area contributed by atoms with E-state index in [-0.39, 0.29) is 10.6 Å². The van der Waals surface area contributed by atoms with Gasteiger partial charge in [0.15, 0.2) is 0 Å². The van der Waals surface area contributed by atoms with Crippen LogP contribution >= 0.6 is 0 Å². The highest BCUT2D eigenvalue weighted by Gasteiger charge is 2.34. The number of benzene rings is 1. The van der Waals surface area contributed by atoms with Crippen molar-refractivity contribution in [3.63, 3.8) is 0 Å². The zero-order valence-electron chi connectivity index (χ0n) is 12.2. The van der Waals surface area contributed by atoms with Crippen LogP contribution in [0, 0.1) is 16.0 Å². The maximum Gasteiger partial charge on any atom is 0.269 e. The van der Waals surface area contributed by atoms with Gasteiger partial charge in [-0.25, -0.2) is 0 Å². The summed E-state index contributed by atoms with van der Waals surface area (Å²) in [6.07, 6.45) is 2.32. The van der Waals surface area contributed by atoms with E-state index in [2.05, 4.69) is 17.1 Å². The summed E-state index contributed by atoms with van der Waals surface area (Å²) in [6, 6.07) is 7.45. The zero-order chi connectivity index (χ0) is 14.5. The van der Waals surface area contributed by atoms with Crippen LogP contribution in [0.2, 0.25) is 0 Å². The molecule has 1 heterocycles. The third kappa shape index (κ3) is 3.16. The number of nitrogens with one attached hydrogen (secondary N) is 1. The summed E-state index contributed by atoms with van der Waals surface area (Å²) in [6.45, 7) is 5.38. The molecule has 0 spiro atoms. The second-order valence-electron chi connectivity index (χ2n) is 5.44. The first-order chi connectivity index (χ1) is 9.67. The first kappa shape index (κ1) is 14.9. The van der Waals surface area contributed by atoms with Crippen LogP contribution in [0.4, 0.5) is 5.69 Å². The Hall–Kier alpha value is -1.46. The second kappa shape index (κ2) is 6.81. The van der Waals surface area contributed by atoms with E-state index in [4.69, 9.17) is 0 Å². The first-order valence-corrected chi connectivity index (χ1v) is 7.30. The van der Waals surface area contributed by atoms with Gasteiger partial charge in [0.1, 0.15) is 0 Å². The number of non-ortho nitro benzene ring substituents is 1. The lowest BCUT2D eigenvalue weighted by molar-refractivity contribution is -0.384. The Morgan fingerprint density at radius 1 is 1.40 bits per heavy atom. The van der Waals surface area contributed by atoms with Crippen LogP contribution in [0.1, 0.15) is 31.4 Å². The molecule has 2 rings (SSSR count). The summed E-state index contributed by atoms with van der Waals surface area (Å²) in [7, 11) is 1.98. The van der Waals surface area contributed by atoms with Gasteiger partial charge in [0, 0.05) is 18.2 Å². The Balaban J connectivity index is 2.21. The molecule has 0 aliphatic carbocycles. The van der Waals surface area contributed by atoms with Crippen molar-refractivity contribution in [3.8, 4) is 0 Å². The lowest BCUT2D eigenvalue weighted by atomic mass is 9.93. The van der Waals surface area contributed by atoms with Gasteiger partial charge in [-0.3, -0.25) is 15.0 Å². The molecule has 2 atom stereocenters. The van der Waals surface area contributed by atoms with E-state index in [0.29, 0.717) is 12.0 Å². The molecule has 1 aromatic carbocycles. The number of nitro groups is 1. The molecule has 0 bridgehead atoms. The highest BCUT2D eigenvalue weighted by atomic mass is 16.6. The van der Waals surface area contributed by atoms with Gasteiger partial charge < -0.3 is 5.32 Å². The maximum atomic E-state index is 10.8. The van der Waals surface area contributed by atoms with Crippen LogP contribution in [-0.2, 0) is 0 Å². The van der Waals surface area contributed by atoms with Crippen molar-refractivity contribution < 1.29 is 4.92 Å². The number of nitro benzene ring substituents is 1. The van der Waals surface area contributed by atoms with Gasteiger partial charge in [0.2, 0.25) is 0 Å². The fourth-order valence-electron chi connectivity index (χ4n) is 3.22. The summed E-state index contributed by atoms with van der Waals surface area (Å²) < 4.78 is 0. The first-order valence-electron chi connectivity index (χ1n) is 7.30. The highest BCUT2D eigenvalue weighted by molar-refractivity contribution is 5.35. The van der Waals surface area contributed by atoms with Gasteiger partial charge in [0.05, 0.1) is 4.92 Å². The number of nitrogens with zero attached hydrogens (tertiary/aromatic N) is 2. The van der Waals surface area contributed by atoms with Crippen molar-refractivity contribution in [2.45, 2.75) is 25.8 Å². The average Bonchev–Trinajstić information content (AvgIpc) is 2.83. The van der Waals surface area contributed by atoms with Crippen molar-refractivity contribution in [1.29, 1.82) is 0 Å². The maximum absolute atomic E-state index is 10.8. The minimum atomic E-state index is -0.340. The van der Waals surface area contributed by atoms with Crippen LogP contribution in [0.5, 0.6) is 0 Å². The van der Waals surface area contributed by atoms with Crippen molar-refractivity contribution in [3.05, 3.63) is 39.9 Å². The summed E-state index contributed by atoms with van der Waals surface area (Å²) in [5.41, 5.74) is 1.36. The van der Waals surface area contributed by atoms with Gasteiger partial charge >= 0.3 is 0 Å². The average molecular weight is 277 g/mol. The summed E-state index contributed by atoms with van der Waals surface area (Å²) in [5.74, 6) is 0.577. The molecule has 1 saturated heterocycles. The van der Waals surface area contributed by atoms with E-state index in [1.54, 1.807) is 12.1 Å². The molecule has 110 valence electrons. The van der Waals surface area contributed by atoms with Crippen molar-refractivity contribution >= 4 is 5.69 Å². The van der Waals surface area contributed by atoms with E-state index >= 15 is 0 Å². The Morgan fingerprint density at radius 2 is 2.10 bits per heavy atom. The standard InChI is InChI=1S/C15H23N3O2/c1-3-9-17-10-8-13(11-16-2)15(17)12-4-6-14(7-5-12)18(19)20/h4-7,13,15-16H,3,8-11H2,1-2H3. The quantitative estimate of drug-likeness (QED) is 0.641. The topological polar surface area (TPSA) is 58.4 Å². The monoisotopic (exact) mass is 277 g/mol. The van der Waals surface area contributed by atoms with Crippen LogP contribution in [0.3, 0.4) is 0 Å². The summed E-state index contributed by atoms with van der Waals surface area (Å²) in [4.78, 5) is 12.9. The van der Waals surface area contributed by atoms with Crippen LogP contribution in [-0.4, -0.2) is 36.5 Å². The highest BCUT2D eigenvalue weighted by Crippen LogP contribution is 2.37. The van der Waals surface area contributed by atoms with E-state index in [1.807, 2.05) is 19.2 Å². The van der Waals surface area contributed by atoms with Gasteiger partial charge in [-0.05, 0) is 51.0 Å². The Labute approximate surface area is 120 Å². The molecule has 1 N–H and O–H groups in total. The Morgan fingerprint density at radius 3 is 2.65 bits per heavy atom.